The van der Waals surface area contributed by atoms with Crippen molar-refractivity contribution < 1.29 is 14.6 Å². The van der Waals surface area contributed by atoms with Gasteiger partial charge in [-0.15, -0.1) is 11.3 Å². The second-order valence-electron chi connectivity index (χ2n) is 7.46. The first-order valence-electron chi connectivity index (χ1n) is 10.7. The SMILES string of the molecule is CNc1ncc(C(=O)NCCO)c2scc(COc3cccc(/C=C/c4ccc(Cl)cc4)c3)c12. The average Bonchev–Trinajstić information content (AvgIpc) is 3.29. The molecule has 0 saturated heterocycles. The average molecular weight is 494 g/mol. The molecule has 0 bridgehead atoms. The number of rotatable bonds is 9. The van der Waals surface area contributed by atoms with Crippen molar-refractivity contribution in [3.63, 3.8) is 0 Å². The van der Waals surface area contributed by atoms with Crippen LogP contribution in [-0.4, -0.2) is 36.2 Å². The molecule has 0 saturated carbocycles. The zero-order chi connectivity index (χ0) is 23.9. The van der Waals surface area contributed by atoms with Crippen molar-refractivity contribution in [1.29, 1.82) is 0 Å². The second-order valence-corrected chi connectivity index (χ2v) is 8.78. The van der Waals surface area contributed by atoms with Gasteiger partial charge >= 0.3 is 0 Å². The van der Waals surface area contributed by atoms with E-state index in [4.69, 9.17) is 21.4 Å². The van der Waals surface area contributed by atoms with Crippen molar-refractivity contribution in [1.82, 2.24) is 10.3 Å². The largest absolute Gasteiger partial charge is 0.489 e. The van der Waals surface area contributed by atoms with E-state index in [0.29, 0.717) is 23.0 Å². The standard InChI is InChI=1S/C26H24ClN3O3S/c1-28-25-23-19(16-34-24(23)22(14-30-25)26(32)29-11-12-31)15-33-21-4-2-3-18(13-21)6-5-17-7-9-20(27)10-8-17/h2-10,13-14,16,31H,11-12,15H2,1H3,(H,28,30)(H,29,32)/b6-5+. The van der Waals surface area contributed by atoms with Crippen molar-refractivity contribution in [3.05, 3.63) is 87.4 Å². The molecule has 0 spiro atoms. The van der Waals surface area contributed by atoms with Crippen molar-refractivity contribution in [2.24, 2.45) is 0 Å². The number of aliphatic hydroxyl groups is 1. The number of hydrogen-bond donors (Lipinski definition) is 3. The molecule has 0 fully saturated rings. The van der Waals surface area contributed by atoms with Gasteiger partial charge in [0.25, 0.3) is 5.91 Å². The van der Waals surface area contributed by atoms with E-state index in [0.717, 1.165) is 32.5 Å². The molecule has 34 heavy (non-hydrogen) atoms. The smallest absolute Gasteiger partial charge is 0.254 e. The van der Waals surface area contributed by atoms with E-state index in [9.17, 15) is 4.79 Å². The predicted molar refractivity (Wildman–Crippen MR) is 140 cm³/mol. The molecule has 0 atom stereocenters. The molecule has 4 rings (SSSR count). The lowest BCUT2D eigenvalue weighted by Crippen LogP contribution is -2.26. The van der Waals surface area contributed by atoms with E-state index >= 15 is 0 Å². The maximum Gasteiger partial charge on any atom is 0.254 e. The van der Waals surface area contributed by atoms with Crippen LogP contribution in [0, 0.1) is 0 Å². The molecule has 2 aromatic carbocycles. The fraction of sp³-hybridized carbons (Fsp3) is 0.154. The topological polar surface area (TPSA) is 83.5 Å². The van der Waals surface area contributed by atoms with Crippen molar-refractivity contribution in [3.8, 4) is 5.75 Å². The van der Waals surface area contributed by atoms with Gasteiger partial charge < -0.3 is 20.5 Å². The monoisotopic (exact) mass is 493 g/mol. The van der Waals surface area contributed by atoms with Crippen LogP contribution in [0.3, 0.4) is 0 Å². The van der Waals surface area contributed by atoms with Crippen LogP contribution in [0.5, 0.6) is 5.75 Å². The summed E-state index contributed by atoms with van der Waals surface area (Å²) in [7, 11) is 1.80. The Morgan fingerprint density at radius 1 is 1.18 bits per heavy atom. The third-order valence-corrected chi connectivity index (χ3v) is 6.45. The van der Waals surface area contributed by atoms with Crippen LogP contribution in [0.25, 0.3) is 22.2 Å². The number of aliphatic hydroxyl groups excluding tert-OH is 1. The highest BCUT2D eigenvalue weighted by atomic mass is 35.5. The Morgan fingerprint density at radius 3 is 2.74 bits per heavy atom. The Morgan fingerprint density at radius 2 is 1.97 bits per heavy atom. The van der Waals surface area contributed by atoms with E-state index in [1.165, 1.54) is 11.3 Å². The van der Waals surface area contributed by atoms with Crippen LogP contribution in [0.4, 0.5) is 5.82 Å². The van der Waals surface area contributed by atoms with E-state index in [1.54, 1.807) is 13.2 Å². The Bertz CT molecular complexity index is 1320. The number of aromatic nitrogens is 1. The summed E-state index contributed by atoms with van der Waals surface area (Å²) in [6, 6.07) is 15.5. The van der Waals surface area contributed by atoms with Crippen LogP contribution in [0.2, 0.25) is 5.02 Å². The number of pyridine rings is 1. The number of nitrogens with one attached hydrogen (secondary N) is 2. The Kier molecular flexibility index (Phi) is 7.80. The van der Waals surface area contributed by atoms with E-state index < -0.39 is 0 Å². The molecule has 174 valence electrons. The number of amides is 1. The van der Waals surface area contributed by atoms with Gasteiger partial charge in [0, 0.05) is 35.8 Å². The van der Waals surface area contributed by atoms with E-state index in [-0.39, 0.29) is 19.1 Å². The maximum absolute atomic E-state index is 12.5. The van der Waals surface area contributed by atoms with Crippen molar-refractivity contribution >= 4 is 56.9 Å². The first-order valence-corrected chi connectivity index (χ1v) is 12.0. The molecule has 3 N–H and O–H groups in total. The first kappa shape index (κ1) is 23.8. The maximum atomic E-state index is 12.5. The number of ether oxygens (including phenoxy) is 1. The summed E-state index contributed by atoms with van der Waals surface area (Å²) < 4.78 is 6.92. The minimum Gasteiger partial charge on any atom is -0.489 e. The summed E-state index contributed by atoms with van der Waals surface area (Å²) >= 11 is 7.42. The summed E-state index contributed by atoms with van der Waals surface area (Å²) in [5.74, 6) is 1.17. The number of nitrogens with zero attached hydrogens (tertiary/aromatic N) is 1. The molecule has 0 unspecified atom stereocenters. The minimum absolute atomic E-state index is 0.117. The summed E-state index contributed by atoms with van der Waals surface area (Å²) in [4.78, 5) is 16.9. The zero-order valence-corrected chi connectivity index (χ0v) is 20.1. The van der Waals surface area contributed by atoms with Gasteiger partial charge in [0.15, 0.2) is 0 Å². The van der Waals surface area contributed by atoms with Gasteiger partial charge in [0.05, 0.1) is 16.9 Å². The van der Waals surface area contributed by atoms with Gasteiger partial charge in [-0.2, -0.15) is 0 Å². The second kappa shape index (κ2) is 11.2. The molecule has 6 nitrogen and oxygen atoms in total. The third-order valence-electron chi connectivity index (χ3n) is 5.14. The number of halogens is 1. The van der Waals surface area contributed by atoms with Gasteiger partial charge in [0.2, 0.25) is 0 Å². The highest BCUT2D eigenvalue weighted by Gasteiger charge is 2.18. The molecule has 0 aliphatic heterocycles. The molecule has 0 aliphatic carbocycles. The quantitative estimate of drug-likeness (QED) is 0.269. The lowest BCUT2D eigenvalue weighted by Gasteiger charge is -2.10. The van der Waals surface area contributed by atoms with Crippen LogP contribution in [0.1, 0.15) is 27.0 Å². The van der Waals surface area contributed by atoms with E-state index in [1.807, 2.05) is 66.1 Å². The summed E-state index contributed by atoms with van der Waals surface area (Å²) in [6.07, 6.45) is 5.60. The molecule has 2 aromatic heterocycles. The summed E-state index contributed by atoms with van der Waals surface area (Å²) in [6.45, 7) is 0.412. The highest BCUT2D eigenvalue weighted by molar-refractivity contribution is 7.18. The number of anilines is 1. The van der Waals surface area contributed by atoms with Gasteiger partial charge in [-0.25, -0.2) is 4.98 Å². The fourth-order valence-electron chi connectivity index (χ4n) is 3.46. The van der Waals surface area contributed by atoms with Gasteiger partial charge in [-0.05, 0) is 40.8 Å². The summed E-state index contributed by atoms with van der Waals surface area (Å²) in [5, 5.41) is 18.3. The van der Waals surface area contributed by atoms with Crippen LogP contribution < -0.4 is 15.4 Å². The molecule has 8 heteroatoms. The van der Waals surface area contributed by atoms with Gasteiger partial charge in [0.1, 0.15) is 18.2 Å². The lowest BCUT2D eigenvalue weighted by molar-refractivity contribution is 0.0946. The molecule has 4 aromatic rings. The van der Waals surface area contributed by atoms with Crippen LogP contribution >= 0.6 is 22.9 Å². The Labute approximate surface area is 206 Å². The van der Waals surface area contributed by atoms with Gasteiger partial charge in [-0.3, -0.25) is 4.79 Å². The Balaban J connectivity index is 1.53. The van der Waals surface area contributed by atoms with Crippen molar-refractivity contribution in [2.75, 3.05) is 25.5 Å². The predicted octanol–water partition coefficient (Wildman–Crippen LogP) is 5.46. The number of thiophene rings is 1. The van der Waals surface area contributed by atoms with E-state index in [2.05, 4.69) is 15.6 Å². The number of carbonyl (C=O) groups excluding carboxylic acids is 1. The van der Waals surface area contributed by atoms with Crippen molar-refractivity contribution in [2.45, 2.75) is 6.61 Å². The van der Waals surface area contributed by atoms with Gasteiger partial charge in [-0.1, -0.05) is 48.0 Å². The number of hydrogen-bond acceptors (Lipinski definition) is 6. The molecular weight excluding hydrogens is 470 g/mol. The molecule has 0 aliphatic rings. The number of benzene rings is 2. The zero-order valence-electron chi connectivity index (χ0n) is 18.5. The van der Waals surface area contributed by atoms with Crippen LogP contribution in [-0.2, 0) is 6.61 Å². The molecular formula is C26H24ClN3O3S. The lowest BCUT2D eigenvalue weighted by atomic mass is 10.1. The Hall–Kier alpha value is -3.39. The first-order chi connectivity index (χ1) is 16.6. The third kappa shape index (κ3) is 5.56. The molecule has 0 radical (unpaired) electrons. The fourth-order valence-corrected chi connectivity index (χ4v) is 4.65. The highest BCUT2D eigenvalue weighted by Crippen LogP contribution is 2.34. The minimum atomic E-state index is -0.260. The normalized spacial score (nSPS) is 11.1. The van der Waals surface area contributed by atoms with Crippen LogP contribution in [0.15, 0.2) is 60.1 Å². The molecule has 1 amide bonds. The summed E-state index contributed by atoms with van der Waals surface area (Å²) in [5.41, 5.74) is 3.50. The number of fused-ring (bicyclic) bond motifs is 1. The molecule has 2 heterocycles. The number of carbonyl (C=O) groups is 1.